The number of hydrogen-bond donors (Lipinski definition) is 0. The molecule has 0 radical (unpaired) electrons. The second kappa shape index (κ2) is 6.79. The van der Waals surface area contributed by atoms with Gasteiger partial charge in [0.2, 0.25) is 5.89 Å². The first-order valence-corrected chi connectivity index (χ1v) is 8.70. The Morgan fingerprint density at radius 1 is 1.42 bits per heavy atom. The Hall–Kier alpha value is -0.490. The normalized spacial score (nSPS) is 27.4. The number of thioether (sulfide) groups is 2. The van der Waals surface area contributed by atoms with Crippen molar-refractivity contribution in [3.63, 3.8) is 0 Å². The summed E-state index contributed by atoms with van der Waals surface area (Å²) in [4.78, 5) is 15.9. The molecule has 0 aliphatic carbocycles. The molecule has 106 valence electrons. The predicted molar refractivity (Wildman–Crippen MR) is 79.6 cm³/mol. The highest BCUT2D eigenvalue weighted by Gasteiger charge is 2.29. The molecule has 3 atom stereocenters. The van der Waals surface area contributed by atoms with Gasteiger partial charge in [0.25, 0.3) is 0 Å². The molecule has 1 aromatic heterocycles. The third-order valence-electron chi connectivity index (χ3n) is 3.20. The van der Waals surface area contributed by atoms with Gasteiger partial charge in [0.1, 0.15) is 5.78 Å². The summed E-state index contributed by atoms with van der Waals surface area (Å²) in [6.45, 7) is 6.49. The number of rotatable bonds is 5. The molecule has 1 saturated heterocycles. The molecule has 0 N–H and O–H groups in total. The van der Waals surface area contributed by atoms with Crippen LogP contribution in [0, 0.1) is 0 Å². The standard InChI is InChI=1S/C13H20N2O2S2/c1-4-5-10(16)6-12-14-13(15-17-12)11-7-18-8(2)9(3)19-11/h8-9,11H,4-7H2,1-3H3. The number of aromatic nitrogens is 2. The third-order valence-corrected chi connectivity index (χ3v) is 6.59. The second-order valence-corrected chi connectivity index (χ2v) is 7.88. The Kier molecular flexibility index (Phi) is 5.33. The van der Waals surface area contributed by atoms with Crippen molar-refractivity contribution in [2.24, 2.45) is 0 Å². The van der Waals surface area contributed by atoms with Crippen LogP contribution >= 0.6 is 23.5 Å². The van der Waals surface area contributed by atoms with Crippen molar-refractivity contribution in [1.82, 2.24) is 10.1 Å². The number of carbonyl (C=O) groups is 1. The molecule has 0 bridgehead atoms. The second-order valence-electron chi connectivity index (χ2n) is 4.88. The van der Waals surface area contributed by atoms with E-state index in [-0.39, 0.29) is 17.5 Å². The van der Waals surface area contributed by atoms with E-state index >= 15 is 0 Å². The summed E-state index contributed by atoms with van der Waals surface area (Å²) in [6.07, 6.45) is 1.72. The van der Waals surface area contributed by atoms with Gasteiger partial charge >= 0.3 is 0 Å². The number of Topliss-reactive ketones (excluding diaryl/α,β-unsaturated/α-hetero) is 1. The average Bonchev–Trinajstić information content (AvgIpc) is 2.81. The summed E-state index contributed by atoms with van der Waals surface area (Å²) >= 11 is 3.85. The molecule has 0 aromatic carbocycles. The third kappa shape index (κ3) is 3.99. The van der Waals surface area contributed by atoms with Crippen molar-refractivity contribution in [2.45, 2.75) is 55.8 Å². The summed E-state index contributed by atoms with van der Waals surface area (Å²) in [5.41, 5.74) is 0. The van der Waals surface area contributed by atoms with E-state index in [0.29, 0.717) is 22.8 Å². The molecule has 4 nitrogen and oxygen atoms in total. The lowest BCUT2D eigenvalue weighted by molar-refractivity contribution is -0.118. The van der Waals surface area contributed by atoms with Crippen LogP contribution in [0.1, 0.15) is 50.6 Å². The molecule has 3 unspecified atom stereocenters. The molecule has 1 aliphatic heterocycles. The quantitative estimate of drug-likeness (QED) is 0.832. The van der Waals surface area contributed by atoms with Crippen LogP contribution in [0.15, 0.2) is 4.52 Å². The Morgan fingerprint density at radius 3 is 2.89 bits per heavy atom. The number of hydrogen-bond acceptors (Lipinski definition) is 6. The van der Waals surface area contributed by atoms with Crippen molar-refractivity contribution in [3.05, 3.63) is 11.7 Å². The number of carbonyl (C=O) groups excluding carboxylic acids is 1. The molecule has 2 heterocycles. The minimum atomic E-state index is 0.172. The van der Waals surface area contributed by atoms with Gasteiger partial charge in [-0.05, 0) is 6.42 Å². The lowest BCUT2D eigenvalue weighted by atomic mass is 10.2. The highest BCUT2D eigenvalue weighted by Crippen LogP contribution is 2.43. The van der Waals surface area contributed by atoms with Crippen molar-refractivity contribution >= 4 is 29.3 Å². The molecule has 0 saturated carbocycles. The zero-order chi connectivity index (χ0) is 13.8. The maximum Gasteiger partial charge on any atom is 0.234 e. The fourth-order valence-corrected chi connectivity index (χ4v) is 4.76. The lowest BCUT2D eigenvalue weighted by Crippen LogP contribution is -2.22. The molecule has 1 fully saturated rings. The average molecular weight is 300 g/mol. The predicted octanol–water partition coefficient (Wildman–Crippen LogP) is 3.28. The Bertz CT molecular complexity index is 436. The largest absolute Gasteiger partial charge is 0.339 e. The van der Waals surface area contributed by atoms with Crippen LogP contribution in [0.4, 0.5) is 0 Å². The fraction of sp³-hybridized carbons (Fsp3) is 0.769. The molecular formula is C13H20N2O2S2. The Balaban J connectivity index is 1.95. The van der Waals surface area contributed by atoms with Crippen LogP contribution in [0.5, 0.6) is 0 Å². The summed E-state index contributed by atoms with van der Waals surface area (Å²) in [6, 6.07) is 0. The topological polar surface area (TPSA) is 56.0 Å². The first-order valence-electron chi connectivity index (χ1n) is 6.71. The first kappa shape index (κ1) is 14.9. The molecule has 6 heteroatoms. The van der Waals surface area contributed by atoms with Crippen LogP contribution in [-0.4, -0.2) is 32.2 Å². The lowest BCUT2D eigenvalue weighted by Gasteiger charge is -2.29. The van der Waals surface area contributed by atoms with E-state index in [1.165, 1.54) is 0 Å². The van der Waals surface area contributed by atoms with E-state index in [4.69, 9.17) is 4.52 Å². The molecule has 0 amide bonds. The Morgan fingerprint density at radius 2 is 2.21 bits per heavy atom. The van der Waals surface area contributed by atoms with E-state index in [1.54, 1.807) is 0 Å². The minimum Gasteiger partial charge on any atom is -0.339 e. The van der Waals surface area contributed by atoms with E-state index in [2.05, 4.69) is 24.0 Å². The zero-order valence-corrected chi connectivity index (χ0v) is 13.2. The molecule has 1 aromatic rings. The highest BCUT2D eigenvalue weighted by molar-refractivity contribution is 8.07. The van der Waals surface area contributed by atoms with E-state index in [0.717, 1.165) is 18.0 Å². The van der Waals surface area contributed by atoms with Crippen LogP contribution < -0.4 is 0 Å². The van der Waals surface area contributed by atoms with Crippen molar-refractivity contribution < 1.29 is 9.32 Å². The monoisotopic (exact) mass is 300 g/mol. The smallest absolute Gasteiger partial charge is 0.234 e. The first-order chi connectivity index (χ1) is 9.10. The van der Waals surface area contributed by atoms with Gasteiger partial charge in [0.05, 0.1) is 11.7 Å². The van der Waals surface area contributed by atoms with Crippen molar-refractivity contribution in [1.29, 1.82) is 0 Å². The fourth-order valence-electron chi connectivity index (χ4n) is 1.93. The van der Waals surface area contributed by atoms with Gasteiger partial charge in [-0.1, -0.05) is 25.9 Å². The van der Waals surface area contributed by atoms with E-state index < -0.39 is 0 Å². The van der Waals surface area contributed by atoms with Crippen LogP contribution in [0.25, 0.3) is 0 Å². The van der Waals surface area contributed by atoms with Crippen molar-refractivity contribution in [2.75, 3.05) is 5.75 Å². The van der Waals surface area contributed by atoms with E-state index in [1.807, 2.05) is 30.4 Å². The van der Waals surface area contributed by atoms with Gasteiger partial charge in [-0.15, -0.1) is 11.8 Å². The van der Waals surface area contributed by atoms with Gasteiger partial charge in [-0.3, -0.25) is 4.79 Å². The van der Waals surface area contributed by atoms with Crippen LogP contribution in [0.3, 0.4) is 0 Å². The van der Waals surface area contributed by atoms with Gasteiger partial charge in [-0.25, -0.2) is 0 Å². The van der Waals surface area contributed by atoms with Crippen molar-refractivity contribution in [3.8, 4) is 0 Å². The summed E-state index contributed by atoms with van der Waals surface area (Å²) in [5.74, 6) is 2.39. The highest BCUT2D eigenvalue weighted by atomic mass is 32.2. The maximum absolute atomic E-state index is 11.6. The molecule has 2 rings (SSSR count). The van der Waals surface area contributed by atoms with Gasteiger partial charge in [0.15, 0.2) is 5.82 Å². The number of ketones is 1. The Labute approximate surface area is 122 Å². The van der Waals surface area contributed by atoms with E-state index in [9.17, 15) is 4.79 Å². The molecule has 1 aliphatic rings. The van der Waals surface area contributed by atoms with Gasteiger partial charge < -0.3 is 4.52 Å². The minimum absolute atomic E-state index is 0.172. The summed E-state index contributed by atoms with van der Waals surface area (Å²) in [5, 5.41) is 5.58. The van der Waals surface area contributed by atoms with Gasteiger partial charge in [0, 0.05) is 22.7 Å². The molecular weight excluding hydrogens is 280 g/mol. The summed E-state index contributed by atoms with van der Waals surface area (Å²) in [7, 11) is 0. The SMILES string of the molecule is CCCC(=O)Cc1nc(C2CSC(C)C(C)S2)no1. The molecule has 0 spiro atoms. The molecule has 19 heavy (non-hydrogen) atoms. The maximum atomic E-state index is 11.6. The number of nitrogens with zero attached hydrogens (tertiary/aromatic N) is 2. The zero-order valence-electron chi connectivity index (χ0n) is 11.6. The summed E-state index contributed by atoms with van der Waals surface area (Å²) < 4.78 is 5.19. The van der Waals surface area contributed by atoms with Crippen LogP contribution in [-0.2, 0) is 11.2 Å². The van der Waals surface area contributed by atoms with Crippen LogP contribution in [0.2, 0.25) is 0 Å². The van der Waals surface area contributed by atoms with Gasteiger partial charge in [-0.2, -0.15) is 16.7 Å².